The summed E-state index contributed by atoms with van der Waals surface area (Å²) in [7, 11) is 2.21. The maximum atomic E-state index is 14.4. The molecule has 3 aliphatic rings. The maximum absolute atomic E-state index is 14.4. The summed E-state index contributed by atoms with van der Waals surface area (Å²) in [6.45, 7) is 5.45. The first-order valence-corrected chi connectivity index (χ1v) is 10.1. The van der Waals surface area contributed by atoms with Crippen molar-refractivity contribution in [2.75, 3.05) is 62.8 Å². The van der Waals surface area contributed by atoms with Crippen molar-refractivity contribution in [1.29, 1.82) is 0 Å². The largest absolute Gasteiger partial charge is 0.378 e. The van der Waals surface area contributed by atoms with E-state index in [4.69, 9.17) is 4.74 Å². The molecule has 4 heterocycles. The van der Waals surface area contributed by atoms with Gasteiger partial charge in [-0.15, -0.1) is 24.8 Å². The first kappa shape index (κ1) is 23.0. The summed E-state index contributed by atoms with van der Waals surface area (Å²) in [5.41, 5.74) is 1.37. The van der Waals surface area contributed by atoms with Crippen molar-refractivity contribution in [2.45, 2.75) is 6.04 Å². The molecule has 0 aliphatic carbocycles. The lowest BCUT2D eigenvalue weighted by atomic mass is 9.90. The van der Waals surface area contributed by atoms with Crippen LogP contribution in [-0.2, 0) is 4.74 Å². The quantitative estimate of drug-likeness (QED) is 0.708. The van der Waals surface area contributed by atoms with Gasteiger partial charge < -0.3 is 14.5 Å². The molecule has 0 bridgehead atoms. The number of morpholine rings is 1. The van der Waals surface area contributed by atoms with Crippen molar-refractivity contribution < 1.29 is 9.13 Å². The summed E-state index contributed by atoms with van der Waals surface area (Å²) in [5.74, 6) is 1.81. The van der Waals surface area contributed by atoms with Gasteiger partial charge in [-0.25, -0.2) is 9.37 Å². The van der Waals surface area contributed by atoms with E-state index in [2.05, 4.69) is 57.1 Å². The van der Waals surface area contributed by atoms with Crippen LogP contribution in [0.2, 0.25) is 0 Å². The van der Waals surface area contributed by atoms with Crippen LogP contribution in [-0.4, -0.2) is 67.9 Å². The zero-order valence-electron chi connectivity index (χ0n) is 17.0. The van der Waals surface area contributed by atoms with Crippen molar-refractivity contribution in [3.05, 3.63) is 47.9 Å². The fraction of sp³-hybridized carbons (Fsp3) is 0.524. The molecule has 1 aromatic heterocycles. The number of anilines is 2. The Balaban J connectivity index is 0.00000128. The molecule has 5 rings (SSSR count). The smallest absolute Gasteiger partial charge is 0.227 e. The van der Waals surface area contributed by atoms with Gasteiger partial charge in [0.2, 0.25) is 5.95 Å². The molecular weight excluding hydrogens is 428 g/mol. The third-order valence-electron chi connectivity index (χ3n) is 6.34. The predicted molar refractivity (Wildman–Crippen MR) is 121 cm³/mol. The second-order valence-corrected chi connectivity index (χ2v) is 8.06. The molecule has 0 saturated carbocycles. The molecule has 164 valence electrons. The Morgan fingerprint density at radius 1 is 1.00 bits per heavy atom. The van der Waals surface area contributed by atoms with Crippen LogP contribution in [0.3, 0.4) is 0 Å². The van der Waals surface area contributed by atoms with E-state index in [9.17, 15) is 4.39 Å². The maximum Gasteiger partial charge on any atom is 0.227 e. The van der Waals surface area contributed by atoms with Gasteiger partial charge in [-0.3, -0.25) is 4.90 Å². The van der Waals surface area contributed by atoms with Crippen LogP contribution in [0.4, 0.5) is 16.2 Å². The number of halogens is 3. The average molecular weight is 456 g/mol. The zero-order valence-corrected chi connectivity index (χ0v) is 18.6. The fourth-order valence-corrected chi connectivity index (χ4v) is 5.07. The number of aromatic nitrogens is 2. The molecule has 0 amide bonds. The predicted octanol–water partition coefficient (Wildman–Crippen LogP) is 3.04. The van der Waals surface area contributed by atoms with Crippen molar-refractivity contribution in [1.82, 2.24) is 14.9 Å². The Hall–Kier alpha value is -1.67. The van der Waals surface area contributed by atoms with E-state index in [-0.39, 0.29) is 30.6 Å². The summed E-state index contributed by atoms with van der Waals surface area (Å²) in [4.78, 5) is 15.6. The van der Waals surface area contributed by atoms with Gasteiger partial charge in [0, 0.05) is 44.7 Å². The molecule has 0 radical (unpaired) electrons. The molecule has 3 aliphatic heterocycles. The number of ether oxygens (including phenoxy) is 1. The van der Waals surface area contributed by atoms with E-state index in [0.29, 0.717) is 55.9 Å². The SMILES string of the molecule is CN1C[C@H]2CN(c3ncc(F)c(N4CCOCC4)n3)C[C@H]2[C@@H]1c1ccccc1.Cl.Cl. The normalized spacial score (nSPS) is 26.1. The topological polar surface area (TPSA) is 44.7 Å². The van der Waals surface area contributed by atoms with Gasteiger partial charge in [0.15, 0.2) is 11.6 Å². The van der Waals surface area contributed by atoms with Crippen molar-refractivity contribution in [3.63, 3.8) is 0 Å². The molecule has 3 fully saturated rings. The Labute approximate surface area is 189 Å². The fourth-order valence-electron chi connectivity index (χ4n) is 5.07. The van der Waals surface area contributed by atoms with Crippen LogP contribution >= 0.6 is 24.8 Å². The molecule has 3 saturated heterocycles. The van der Waals surface area contributed by atoms with E-state index in [1.165, 1.54) is 11.8 Å². The monoisotopic (exact) mass is 455 g/mol. The molecule has 9 heteroatoms. The standard InChI is InChI=1S/C21H26FN5O.2ClH/c1-25-12-16-13-27(14-17(16)19(25)15-5-3-2-4-6-15)21-23-11-18(22)20(24-21)26-7-9-28-10-8-26;;/h2-6,11,16-17,19H,7-10,12-14H2,1H3;2*1H/t16-,17+,19-;;/m0../s1. The van der Waals surface area contributed by atoms with Gasteiger partial charge in [0.1, 0.15) is 0 Å². The number of hydrogen-bond acceptors (Lipinski definition) is 6. The second kappa shape index (κ2) is 9.64. The number of benzene rings is 1. The van der Waals surface area contributed by atoms with Gasteiger partial charge in [0.05, 0.1) is 19.4 Å². The summed E-state index contributed by atoms with van der Waals surface area (Å²) < 4.78 is 19.8. The number of rotatable bonds is 3. The highest BCUT2D eigenvalue weighted by molar-refractivity contribution is 5.85. The number of likely N-dealkylation sites (tertiary alicyclic amines) is 1. The van der Waals surface area contributed by atoms with Gasteiger partial charge in [0.25, 0.3) is 0 Å². The van der Waals surface area contributed by atoms with Gasteiger partial charge in [-0.1, -0.05) is 30.3 Å². The van der Waals surface area contributed by atoms with Gasteiger partial charge in [-0.05, 0) is 18.5 Å². The molecule has 0 N–H and O–H groups in total. The van der Waals surface area contributed by atoms with Crippen LogP contribution < -0.4 is 9.80 Å². The van der Waals surface area contributed by atoms with Crippen molar-refractivity contribution in [2.24, 2.45) is 11.8 Å². The van der Waals surface area contributed by atoms with Crippen molar-refractivity contribution >= 4 is 36.6 Å². The van der Waals surface area contributed by atoms with Crippen LogP contribution in [0.5, 0.6) is 0 Å². The van der Waals surface area contributed by atoms with E-state index in [1.54, 1.807) is 0 Å². The highest BCUT2D eigenvalue weighted by Crippen LogP contribution is 2.44. The second-order valence-electron chi connectivity index (χ2n) is 8.06. The van der Waals surface area contributed by atoms with Crippen LogP contribution in [0.25, 0.3) is 0 Å². The van der Waals surface area contributed by atoms with Gasteiger partial charge in [-0.2, -0.15) is 4.98 Å². The molecule has 3 atom stereocenters. The van der Waals surface area contributed by atoms with E-state index < -0.39 is 0 Å². The molecule has 0 unspecified atom stereocenters. The third-order valence-corrected chi connectivity index (χ3v) is 6.34. The summed E-state index contributed by atoms with van der Waals surface area (Å²) in [5, 5.41) is 0. The molecule has 0 spiro atoms. The minimum atomic E-state index is -0.355. The van der Waals surface area contributed by atoms with Crippen LogP contribution in [0, 0.1) is 17.7 Å². The molecule has 1 aromatic carbocycles. The zero-order chi connectivity index (χ0) is 19.1. The lowest BCUT2D eigenvalue weighted by molar-refractivity contribution is 0.122. The Bertz CT molecular complexity index is 839. The van der Waals surface area contributed by atoms with E-state index in [0.717, 1.165) is 19.6 Å². The Morgan fingerprint density at radius 2 is 1.73 bits per heavy atom. The highest BCUT2D eigenvalue weighted by Gasteiger charge is 2.46. The molecule has 30 heavy (non-hydrogen) atoms. The lowest BCUT2D eigenvalue weighted by Gasteiger charge is -2.29. The first-order chi connectivity index (χ1) is 13.7. The Kier molecular flexibility index (Phi) is 7.39. The molecule has 6 nitrogen and oxygen atoms in total. The lowest BCUT2D eigenvalue weighted by Crippen LogP contribution is -2.38. The van der Waals surface area contributed by atoms with Crippen molar-refractivity contribution in [3.8, 4) is 0 Å². The first-order valence-electron chi connectivity index (χ1n) is 10.1. The van der Waals surface area contributed by atoms with Crippen LogP contribution in [0.1, 0.15) is 11.6 Å². The highest BCUT2D eigenvalue weighted by atomic mass is 35.5. The number of hydrogen-bond donors (Lipinski definition) is 0. The molecule has 2 aromatic rings. The average Bonchev–Trinajstić information content (AvgIpc) is 3.26. The molecular formula is C21H28Cl2FN5O. The summed E-state index contributed by atoms with van der Waals surface area (Å²) in [6, 6.07) is 11.1. The van der Waals surface area contributed by atoms with Crippen LogP contribution in [0.15, 0.2) is 36.5 Å². The minimum absolute atomic E-state index is 0. The summed E-state index contributed by atoms with van der Waals surface area (Å²) >= 11 is 0. The summed E-state index contributed by atoms with van der Waals surface area (Å²) in [6.07, 6.45) is 1.32. The third kappa shape index (κ3) is 4.21. The Morgan fingerprint density at radius 3 is 2.47 bits per heavy atom. The number of fused-ring (bicyclic) bond motifs is 1. The minimum Gasteiger partial charge on any atom is -0.378 e. The van der Waals surface area contributed by atoms with E-state index >= 15 is 0 Å². The van der Waals surface area contributed by atoms with E-state index in [1.807, 2.05) is 4.90 Å². The van der Waals surface area contributed by atoms with Gasteiger partial charge >= 0.3 is 0 Å². The number of nitrogens with zero attached hydrogens (tertiary/aromatic N) is 5.